The largest absolute Gasteiger partial charge is 0.465 e. The van der Waals surface area contributed by atoms with E-state index in [1.807, 2.05) is 4.90 Å². The molecule has 0 aromatic rings. The van der Waals surface area contributed by atoms with Crippen LogP contribution in [-0.4, -0.2) is 70.8 Å². The minimum absolute atomic E-state index is 0.221. The SMILES string of the molecule is O=C(O)N1CCN(CC(O)CCl)CC1. The molecule has 0 spiro atoms. The summed E-state index contributed by atoms with van der Waals surface area (Å²) in [6.45, 7) is 2.87. The Labute approximate surface area is 87.9 Å². The first kappa shape index (κ1) is 11.6. The van der Waals surface area contributed by atoms with Crippen LogP contribution in [0.1, 0.15) is 0 Å². The second-order valence-electron chi connectivity index (χ2n) is 3.38. The number of hydrogen-bond donors (Lipinski definition) is 2. The Bertz CT molecular complexity index is 195. The molecule has 1 rings (SSSR count). The van der Waals surface area contributed by atoms with E-state index in [4.69, 9.17) is 16.7 Å². The van der Waals surface area contributed by atoms with Crippen molar-refractivity contribution in [3.63, 3.8) is 0 Å². The quantitative estimate of drug-likeness (QED) is 0.654. The number of carboxylic acid groups (broad SMARTS) is 1. The molecule has 0 radical (unpaired) electrons. The summed E-state index contributed by atoms with van der Waals surface area (Å²) in [5, 5.41) is 18.0. The van der Waals surface area contributed by atoms with Gasteiger partial charge in [0.05, 0.1) is 6.10 Å². The summed E-state index contributed by atoms with van der Waals surface area (Å²) in [6.07, 6.45) is -1.39. The van der Waals surface area contributed by atoms with Gasteiger partial charge in [-0.2, -0.15) is 0 Å². The standard InChI is InChI=1S/C8H15ClN2O3/c9-5-7(12)6-10-1-3-11(4-2-10)8(13)14/h7,12H,1-6H2,(H,13,14). The van der Waals surface area contributed by atoms with E-state index in [2.05, 4.69) is 0 Å². The molecule has 0 aromatic carbocycles. The molecule has 1 aliphatic rings. The topological polar surface area (TPSA) is 64.0 Å². The van der Waals surface area contributed by atoms with Crippen molar-refractivity contribution in [3.05, 3.63) is 0 Å². The summed E-state index contributed by atoms with van der Waals surface area (Å²) in [5.41, 5.74) is 0. The number of alkyl halides is 1. The van der Waals surface area contributed by atoms with Crippen LogP contribution < -0.4 is 0 Å². The van der Waals surface area contributed by atoms with Crippen LogP contribution in [-0.2, 0) is 0 Å². The van der Waals surface area contributed by atoms with Gasteiger partial charge in [0.15, 0.2) is 0 Å². The molecule has 82 valence electrons. The summed E-state index contributed by atoms with van der Waals surface area (Å²) in [6, 6.07) is 0. The van der Waals surface area contributed by atoms with Crippen LogP contribution in [0.3, 0.4) is 0 Å². The lowest BCUT2D eigenvalue weighted by Crippen LogP contribution is -2.50. The van der Waals surface area contributed by atoms with Crippen molar-refractivity contribution in [1.82, 2.24) is 9.80 Å². The van der Waals surface area contributed by atoms with Crippen molar-refractivity contribution in [2.75, 3.05) is 38.6 Å². The van der Waals surface area contributed by atoms with Crippen LogP contribution in [0.4, 0.5) is 4.79 Å². The van der Waals surface area contributed by atoms with Crippen molar-refractivity contribution in [1.29, 1.82) is 0 Å². The highest BCUT2D eigenvalue weighted by atomic mass is 35.5. The molecule has 1 aliphatic heterocycles. The lowest BCUT2D eigenvalue weighted by atomic mass is 10.3. The Morgan fingerprint density at radius 3 is 2.36 bits per heavy atom. The third-order valence-corrected chi connectivity index (χ3v) is 2.65. The number of nitrogens with zero attached hydrogens (tertiary/aromatic N) is 2. The van der Waals surface area contributed by atoms with E-state index in [0.29, 0.717) is 32.7 Å². The van der Waals surface area contributed by atoms with Gasteiger partial charge in [-0.25, -0.2) is 4.79 Å². The number of piperazine rings is 1. The molecular formula is C8H15ClN2O3. The summed E-state index contributed by atoms with van der Waals surface area (Å²) in [5.74, 6) is 0.221. The molecule has 0 aromatic heterocycles. The average molecular weight is 223 g/mol. The molecule has 2 N–H and O–H groups in total. The summed E-state index contributed by atoms with van der Waals surface area (Å²) < 4.78 is 0. The first-order valence-corrected chi connectivity index (χ1v) is 5.11. The molecule has 0 bridgehead atoms. The van der Waals surface area contributed by atoms with Crippen molar-refractivity contribution < 1.29 is 15.0 Å². The zero-order valence-electron chi connectivity index (χ0n) is 7.90. The number of β-amino-alcohol motifs (C(OH)–C–C–N with tert-alkyl or cyclic N) is 1. The fraction of sp³-hybridized carbons (Fsp3) is 0.875. The van der Waals surface area contributed by atoms with Crippen LogP contribution >= 0.6 is 11.6 Å². The van der Waals surface area contributed by atoms with E-state index < -0.39 is 12.2 Å². The number of amides is 1. The van der Waals surface area contributed by atoms with E-state index in [-0.39, 0.29) is 5.88 Å². The van der Waals surface area contributed by atoms with Gasteiger partial charge in [0, 0.05) is 38.6 Å². The van der Waals surface area contributed by atoms with E-state index >= 15 is 0 Å². The molecule has 5 nitrogen and oxygen atoms in total. The van der Waals surface area contributed by atoms with Crippen LogP contribution in [0.15, 0.2) is 0 Å². The van der Waals surface area contributed by atoms with Crippen LogP contribution in [0.2, 0.25) is 0 Å². The third-order valence-electron chi connectivity index (χ3n) is 2.29. The third kappa shape index (κ3) is 3.32. The predicted molar refractivity (Wildman–Crippen MR) is 52.8 cm³/mol. The molecule has 0 aliphatic carbocycles. The number of carbonyl (C=O) groups is 1. The zero-order valence-corrected chi connectivity index (χ0v) is 8.65. The van der Waals surface area contributed by atoms with Crippen LogP contribution in [0.5, 0.6) is 0 Å². The van der Waals surface area contributed by atoms with Gasteiger partial charge in [0.1, 0.15) is 0 Å². The fourth-order valence-electron chi connectivity index (χ4n) is 1.47. The lowest BCUT2D eigenvalue weighted by molar-refractivity contribution is 0.0772. The minimum Gasteiger partial charge on any atom is -0.465 e. The van der Waals surface area contributed by atoms with Gasteiger partial charge < -0.3 is 15.1 Å². The van der Waals surface area contributed by atoms with Crippen molar-refractivity contribution in [3.8, 4) is 0 Å². The zero-order chi connectivity index (χ0) is 10.6. The number of hydrogen-bond acceptors (Lipinski definition) is 3. The number of halogens is 1. The average Bonchev–Trinajstić information content (AvgIpc) is 2.18. The van der Waals surface area contributed by atoms with E-state index in [0.717, 1.165) is 0 Å². The second-order valence-corrected chi connectivity index (χ2v) is 3.69. The molecule has 1 atom stereocenters. The normalized spacial score (nSPS) is 20.9. The Balaban J connectivity index is 2.25. The van der Waals surface area contributed by atoms with Gasteiger partial charge in [0.2, 0.25) is 0 Å². The molecule has 1 unspecified atom stereocenters. The van der Waals surface area contributed by atoms with E-state index in [1.165, 1.54) is 4.90 Å². The maximum Gasteiger partial charge on any atom is 0.407 e. The van der Waals surface area contributed by atoms with Gasteiger partial charge in [-0.1, -0.05) is 0 Å². The van der Waals surface area contributed by atoms with Crippen LogP contribution in [0.25, 0.3) is 0 Å². The molecule has 1 saturated heterocycles. The maximum atomic E-state index is 10.6. The first-order valence-electron chi connectivity index (χ1n) is 4.57. The van der Waals surface area contributed by atoms with Crippen molar-refractivity contribution in [2.45, 2.75) is 6.10 Å². The smallest absolute Gasteiger partial charge is 0.407 e. The van der Waals surface area contributed by atoms with Gasteiger partial charge in [0.25, 0.3) is 0 Å². The summed E-state index contributed by atoms with van der Waals surface area (Å²) >= 11 is 5.47. The van der Waals surface area contributed by atoms with Gasteiger partial charge >= 0.3 is 6.09 Å². The summed E-state index contributed by atoms with van der Waals surface area (Å²) in [7, 11) is 0. The number of aliphatic hydroxyl groups is 1. The Morgan fingerprint density at radius 1 is 1.36 bits per heavy atom. The van der Waals surface area contributed by atoms with Crippen molar-refractivity contribution in [2.24, 2.45) is 0 Å². The molecule has 14 heavy (non-hydrogen) atoms. The highest BCUT2D eigenvalue weighted by molar-refractivity contribution is 6.18. The van der Waals surface area contributed by atoms with Crippen molar-refractivity contribution >= 4 is 17.7 Å². The Morgan fingerprint density at radius 2 is 1.93 bits per heavy atom. The molecule has 1 fully saturated rings. The number of rotatable bonds is 3. The fourth-order valence-corrected chi connectivity index (χ4v) is 1.57. The molecule has 1 heterocycles. The Hall–Kier alpha value is -0.520. The highest BCUT2D eigenvalue weighted by Crippen LogP contribution is 2.03. The monoisotopic (exact) mass is 222 g/mol. The number of aliphatic hydroxyl groups excluding tert-OH is 1. The van der Waals surface area contributed by atoms with Gasteiger partial charge in [-0.3, -0.25) is 4.90 Å². The Kier molecular flexibility index (Phi) is 4.44. The highest BCUT2D eigenvalue weighted by Gasteiger charge is 2.21. The summed E-state index contributed by atoms with van der Waals surface area (Å²) in [4.78, 5) is 14.0. The maximum absolute atomic E-state index is 10.6. The molecule has 6 heteroatoms. The van der Waals surface area contributed by atoms with E-state index in [1.54, 1.807) is 0 Å². The predicted octanol–water partition coefficient (Wildman–Crippen LogP) is -0.118. The van der Waals surface area contributed by atoms with Crippen LogP contribution in [0, 0.1) is 0 Å². The molecule has 0 saturated carbocycles. The molecular weight excluding hydrogens is 208 g/mol. The lowest BCUT2D eigenvalue weighted by Gasteiger charge is -2.33. The van der Waals surface area contributed by atoms with Gasteiger partial charge in [-0.15, -0.1) is 11.6 Å². The van der Waals surface area contributed by atoms with Gasteiger partial charge in [-0.05, 0) is 0 Å². The second kappa shape index (κ2) is 5.38. The molecule has 1 amide bonds. The van der Waals surface area contributed by atoms with E-state index in [9.17, 15) is 9.90 Å². The minimum atomic E-state index is -0.873. The first-order chi connectivity index (χ1) is 6.63.